The van der Waals surface area contributed by atoms with E-state index >= 15 is 0 Å². The van der Waals surface area contributed by atoms with Gasteiger partial charge in [0.25, 0.3) is 5.91 Å². The highest BCUT2D eigenvalue weighted by atomic mass is 32.1. The highest BCUT2D eigenvalue weighted by Crippen LogP contribution is 2.24. The zero-order valence-corrected chi connectivity index (χ0v) is 13.1. The fourth-order valence-corrected chi connectivity index (χ4v) is 3.24. The van der Waals surface area contributed by atoms with Gasteiger partial charge in [0.15, 0.2) is 10.8 Å². The normalized spacial score (nSPS) is 10.4. The molecule has 2 heterocycles. The van der Waals surface area contributed by atoms with E-state index in [1.807, 2.05) is 6.92 Å². The number of carbonyl (C=O) groups is 2. The molecule has 2 rings (SSSR count). The van der Waals surface area contributed by atoms with Crippen LogP contribution in [0.3, 0.4) is 0 Å². The van der Waals surface area contributed by atoms with Crippen LogP contribution in [0.4, 0.5) is 5.13 Å². The Labute approximate surface area is 123 Å². The third kappa shape index (κ3) is 2.86. The zero-order chi connectivity index (χ0) is 14.9. The molecule has 20 heavy (non-hydrogen) atoms. The molecular formula is C12H13N3O3S2. The number of aryl methyl sites for hydroxylation is 3. The number of methoxy groups -OCH3 is 1. The van der Waals surface area contributed by atoms with Gasteiger partial charge in [-0.05, 0) is 20.8 Å². The maximum Gasteiger partial charge on any atom is 0.357 e. The van der Waals surface area contributed by atoms with Crippen molar-refractivity contribution < 1.29 is 14.3 Å². The second-order valence-corrected chi connectivity index (χ2v) is 6.42. The van der Waals surface area contributed by atoms with Crippen LogP contribution in [0.25, 0.3) is 0 Å². The standard InChI is InChI=1S/C12H13N3O3S2/c1-5-9(20-7(3)13-5)10(16)15-12-14-8(6(2)19-12)11(17)18-4/h1-4H3,(H,14,15,16). The topological polar surface area (TPSA) is 81.2 Å². The molecule has 0 spiro atoms. The van der Waals surface area contributed by atoms with Crippen molar-refractivity contribution in [2.24, 2.45) is 0 Å². The third-order valence-electron chi connectivity index (χ3n) is 2.51. The number of hydrogen-bond acceptors (Lipinski definition) is 7. The molecule has 0 bridgehead atoms. The minimum atomic E-state index is -0.510. The van der Waals surface area contributed by atoms with Gasteiger partial charge in [-0.15, -0.1) is 22.7 Å². The quantitative estimate of drug-likeness (QED) is 0.881. The molecule has 106 valence electrons. The van der Waals surface area contributed by atoms with Crippen molar-refractivity contribution in [1.29, 1.82) is 0 Å². The number of hydrogen-bond donors (Lipinski definition) is 1. The van der Waals surface area contributed by atoms with Gasteiger partial charge in [-0.1, -0.05) is 0 Å². The molecule has 0 aliphatic heterocycles. The summed E-state index contributed by atoms with van der Waals surface area (Å²) in [4.78, 5) is 33.1. The number of rotatable bonds is 3. The van der Waals surface area contributed by atoms with Crippen LogP contribution in [0, 0.1) is 20.8 Å². The molecule has 6 nitrogen and oxygen atoms in total. The lowest BCUT2D eigenvalue weighted by Gasteiger charge is -1.98. The Balaban J connectivity index is 2.20. The Morgan fingerprint density at radius 1 is 1.15 bits per heavy atom. The fraction of sp³-hybridized carbons (Fsp3) is 0.333. The van der Waals surface area contributed by atoms with Crippen molar-refractivity contribution in [3.05, 3.63) is 26.1 Å². The third-order valence-corrected chi connectivity index (χ3v) is 4.46. The predicted molar refractivity (Wildman–Crippen MR) is 77.7 cm³/mol. The first-order valence-corrected chi connectivity index (χ1v) is 7.36. The number of anilines is 1. The Morgan fingerprint density at radius 2 is 1.85 bits per heavy atom. The van der Waals surface area contributed by atoms with Crippen LogP contribution in [0.5, 0.6) is 0 Å². The summed E-state index contributed by atoms with van der Waals surface area (Å²) < 4.78 is 4.63. The lowest BCUT2D eigenvalue weighted by atomic mass is 10.4. The molecular weight excluding hydrogens is 298 g/mol. The zero-order valence-electron chi connectivity index (χ0n) is 11.4. The molecule has 2 aromatic heterocycles. The van der Waals surface area contributed by atoms with E-state index in [1.54, 1.807) is 13.8 Å². The van der Waals surface area contributed by atoms with Gasteiger partial charge in [0.05, 0.1) is 17.8 Å². The van der Waals surface area contributed by atoms with E-state index in [0.717, 1.165) is 5.01 Å². The van der Waals surface area contributed by atoms with Gasteiger partial charge in [0.1, 0.15) is 4.88 Å². The second kappa shape index (κ2) is 5.68. The van der Waals surface area contributed by atoms with Crippen LogP contribution >= 0.6 is 22.7 Å². The van der Waals surface area contributed by atoms with Crippen molar-refractivity contribution >= 4 is 39.7 Å². The first-order valence-electron chi connectivity index (χ1n) is 5.73. The molecule has 1 amide bonds. The molecule has 0 aliphatic carbocycles. The van der Waals surface area contributed by atoms with Gasteiger partial charge in [0, 0.05) is 4.88 Å². The second-order valence-electron chi connectivity index (χ2n) is 4.02. The van der Waals surface area contributed by atoms with Crippen molar-refractivity contribution in [2.45, 2.75) is 20.8 Å². The smallest absolute Gasteiger partial charge is 0.357 e. The van der Waals surface area contributed by atoms with Gasteiger partial charge in [-0.3, -0.25) is 10.1 Å². The molecule has 0 saturated heterocycles. The van der Waals surface area contributed by atoms with Crippen LogP contribution in [0.2, 0.25) is 0 Å². The Bertz CT molecular complexity index is 676. The largest absolute Gasteiger partial charge is 0.464 e. The maximum atomic E-state index is 12.1. The summed E-state index contributed by atoms with van der Waals surface area (Å²) in [5.74, 6) is -0.776. The molecule has 0 unspecified atom stereocenters. The Hall–Kier alpha value is -1.80. The highest BCUT2D eigenvalue weighted by Gasteiger charge is 2.19. The van der Waals surface area contributed by atoms with E-state index in [-0.39, 0.29) is 11.6 Å². The molecule has 0 aliphatic rings. The average molecular weight is 311 g/mol. The van der Waals surface area contributed by atoms with E-state index in [2.05, 4.69) is 20.0 Å². The Morgan fingerprint density at radius 3 is 2.40 bits per heavy atom. The molecule has 0 atom stereocenters. The van der Waals surface area contributed by atoms with E-state index < -0.39 is 5.97 Å². The van der Waals surface area contributed by atoms with Crippen molar-refractivity contribution in [3.63, 3.8) is 0 Å². The minimum Gasteiger partial charge on any atom is -0.464 e. The number of ether oxygens (including phenoxy) is 1. The highest BCUT2D eigenvalue weighted by molar-refractivity contribution is 7.16. The summed E-state index contributed by atoms with van der Waals surface area (Å²) in [7, 11) is 1.29. The molecule has 8 heteroatoms. The number of nitrogens with one attached hydrogen (secondary N) is 1. The number of thiazole rings is 2. The summed E-state index contributed by atoms with van der Waals surface area (Å²) in [6, 6.07) is 0. The van der Waals surface area contributed by atoms with Crippen molar-refractivity contribution in [3.8, 4) is 0 Å². The number of carbonyl (C=O) groups excluding carboxylic acids is 2. The van der Waals surface area contributed by atoms with E-state index in [9.17, 15) is 9.59 Å². The Kier molecular flexibility index (Phi) is 4.15. The number of nitrogens with zero attached hydrogens (tertiary/aromatic N) is 2. The first kappa shape index (κ1) is 14.6. The number of aromatic nitrogens is 2. The predicted octanol–water partition coefficient (Wildman–Crippen LogP) is 2.56. The number of amides is 1. The first-order chi connectivity index (χ1) is 9.42. The summed E-state index contributed by atoms with van der Waals surface area (Å²) in [5.41, 5.74) is 0.913. The molecule has 0 aromatic carbocycles. The average Bonchev–Trinajstić information content (AvgIpc) is 2.91. The summed E-state index contributed by atoms with van der Waals surface area (Å²) in [5, 5.41) is 3.89. The van der Waals surface area contributed by atoms with E-state index in [4.69, 9.17) is 0 Å². The van der Waals surface area contributed by atoms with Gasteiger partial charge in [-0.2, -0.15) is 0 Å². The van der Waals surface area contributed by atoms with Gasteiger partial charge < -0.3 is 4.74 Å². The fourth-order valence-electron chi connectivity index (χ4n) is 1.63. The van der Waals surface area contributed by atoms with Crippen LogP contribution in [-0.2, 0) is 4.74 Å². The summed E-state index contributed by atoms with van der Waals surface area (Å²) in [6.45, 7) is 5.38. The van der Waals surface area contributed by atoms with Gasteiger partial charge in [0.2, 0.25) is 0 Å². The van der Waals surface area contributed by atoms with Crippen LogP contribution in [0.1, 0.15) is 35.7 Å². The van der Waals surface area contributed by atoms with Gasteiger partial charge in [-0.25, -0.2) is 14.8 Å². The number of esters is 1. The van der Waals surface area contributed by atoms with Crippen LogP contribution in [0.15, 0.2) is 0 Å². The molecule has 0 fully saturated rings. The molecule has 2 aromatic rings. The maximum absolute atomic E-state index is 12.1. The van der Waals surface area contributed by atoms with Crippen LogP contribution in [-0.4, -0.2) is 29.0 Å². The van der Waals surface area contributed by atoms with Crippen molar-refractivity contribution in [2.75, 3.05) is 12.4 Å². The minimum absolute atomic E-state index is 0.227. The lowest BCUT2D eigenvalue weighted by molar-refractivity contribution is 0.0594. The van der Waals surface area contributed by atoms with Crippen molar-refractivity contribution in [1.82, 2.24) is 9.97 Å². The molecule has 1 N–H and O–H groups in total. The summed E-state index contributed by atoms with van der Waals surface area (Å²) >= 11 is 2.56. The summed E-state index contributed by atoms with van der Waals surface area (Å²) in [6.07, 6.45) is 0. The SMILES string of the molecule is COC(=O)c1nc(NC(=O)c2sc(C)nc2C)sc1C. The van der Waals surface area contributed by atoms with Gasteiger partial charge >= 0.3 is 5.97 Å². The molecule has 0 saturated carbocycles. The molecule has 0 radical (unpaired) electrons. The van der Waals surface area contributed by atoms with E-state index in [0.29, 0.717) is 20.6 Å². The van der Waals surface area contributed by atoms with Crippen LogP contribution < -0.4 is 5.32 Å². The monoisotopic (exact) mass is 311 g/mol. The van der Waals surface area contributed by atoms with E-state index in [1.165, 1.54) is 29.8 Å². The lowest BCUT2D eigenvalue weighted by Crippen LogP contribution is -2.12.